The topological polar surface area (TPSA) is 62.5 Å². The Morgan fingerprint density at radius 1 is 1.78 bits per heavy atom. The summed E-state index contributed by atoms with van der Waals surface area (Å²) in [5, 5.41) is 6.91. The lowest BCUT2D eigenvalue weighted by Crippen LogP contribution is -2.15. The van der Waals surface area contributed by atoms with Crippen LogP contribution in [0.3, 0.4) is 0 Å². The molecule has 50 valence electrons. The van der Waals surface area contributed by atoms with Gasteiger partial charge in [0, 0.05) is 7.05 Å². The molecule has 0 amide bonds. The molecule has 0 rings (SSSR count). The van der Waals surface area contributed by atoms with E-state index in [1.54, 1.807) is 0 Å². The van der Waals surface area contributed by atoms with E-state index < -0.39 is 0 Å². The number of hydrogen-bond donors (Lipinski definition) is 1. The number of ether oxygens (including phenoxy) is 1. The van der Waals surface area contributed by atoms with Crippen LogP contribution in [0.5, 0.6) is 0 Å². The van der Waals surface area contributed by atoms with Crippen LogP contribution in [0.1, 0.15) is 0 Å². The summed E-state index contributed by atoms with van der Waals surface area (Å²) in [6.07, 6.45) is 0.478. The number of aldehydes is 1. The molecule has 4 heteroatoms. The standard InChI is InChI=1S/C5H8N2O2/c1-7-4(3-8)5(6)9-2/h3,6H,1-2H3/b6-5?,7-4-. The summed E-state index contributed by atoms with van der Waals surface area (Å²) in [5.74, 6) is -0.201. The summed E-state index contributed by atoms with van der Waals surface area (Å²) in [4.78, 5) is 13.5. The second-order valence-electron chi connectivity index (χ2n) is 1.26. The maximum Gasteiger partial charge on any atom is 0.235 e. The lowest BCUT2D eigenvalue weighted by molar-refractivity contribution is -0.102. The summed E-state index contributed by atoms with van der Waals surface area (Å²) in [7, 11) is 2.74. The van der Waals surface area contributed by atoms with Gasteiger partial charge in [0.15, 0.2) is 12.0 Å². The molecule has 0 radical (unpaired) electrons. The lowest BCUT2D eigenvalue weighted by atomic mass is 10.4. The Morgan fingerprint density at radius 2 is 2.33 bits per heavy atom. The van der Waals surface area contributed by atoms with E-state index in [1.165, 1.54) is 14.2 Å². The van der Waals surface area contributed by atoms with Crippen LogP contribution >= 0.6 is 0 Å². The molecule has 0 aliphatic rings. The Kier molecular flexibility index (Phi) is 3.27. The second kappa shape index (κ2) is 3.77. The van der Waals surface area contributed by atoms with Crippen molar-refractivity contribution >= 4 is 17.9 Å². The molecule has 0 heterocycles. The summed E-state index contributed by atoms with van der Waals surface area (Å²) < 4.78 is 4.42. The molecule has 0 saturated heterocycles. The first-order valence-corrected chi connectivity index (χ1v) is 2.31. The van der Waals surface area contributed by atoms with Crippen molar-refractivity contribution < 1.29 is 9.53 Å². The van der Waals surface area contributed by atoms with Gasteiger partial charge in [-0.3, -0.25) is 15.2 Å². The maximum atomic E-state index is 9.98. The van der Waals surface area contributed by atoms with Crippen molar-refractivity contribution in [3.63, 3.8) is 0 Å². The number of carbonyl (C=O) groups is 1. The molecule has 0 spiro atoms. The van der Waals surface area contributed by atoms with Crippen LogP contribution in [0.2, 0.25) is 0 Å². The first-order valence-electron chi connectivity index (χ1n) is 2.31. The van der Waals surface area contributed by atoms with Crippen molar-refractivity contribution in [2.24, 2.45) is 4.99 Å². The fourth-order valence-electron chi connectivity index (χ4n) is 0.312. The van der Waals surface area contributed by atoms with Gasteiger partial charge in [-0.2, -0.15) is 0 Å². The Hall–Kier alpha value is -1.19. The van der Waals surface area contributed by atoms with Crippen LogP contribution in [0, 0.1) is 5.41 Å². The SMILES string of the molecule is C/N=C(/C=O)C(=N)OC. The van der Waals surface area contributed by atoms with Gasteiger partial charge in [0.1, 0.15) is 0 Å². The van der Waals surface area contributed by atoms with Gasteiger partial charge < -0.3 is 4.74 Å². The van der Waals surface area contributed by atoms with Gasteiger partial charge >= 0.3 is 0 Å². The van der Waals surface area contributed by atoms with Gasteiger partial charge in [-0.25, -0.2) is 0 Å². The number of nitrogens with zero attached hydrogens (tertiary/aromatic N) is 1. The molecule has 0 aromatic heterocycles. The monoisotopic (exact) mass is 128 g/mol. The molecule has 0 saturated carbocycles. The molecule has 0 aliphatic heterocycles. The number of nitrogens with one attached hydrogen (secondary N) is 1. The smallest absolute Gasteiger partial charge is 0.235 e. The van der Waals surface area contributed by atoms with Gasteiger partial charge in [-0.1, -0.05) is 0 Å². The highest BCUT2D eigenvalue weighted by molar-refractivity contribution is 6.58. The van der Waals surface area contributed by atoms with Crippen LogP contribution in [0.25, 0.3) is 0 Å². The number of rotatable bonds is 2. The number of methoxy groups -OCH3 is 1. The zero-order chi connectivity index (χ0) is 7.28. The van der Waals surface area contributed by atoms with Crippen LogP contribution in [0.15, 0.2) is 4.99 Å². The van der Waals surface area contributed by atoms with Crippen molar-refractivity contribution in [3.05, 3.63) is 0 Å². The van der Waals surface area contributed by atoms with Crippen LogP contribution < -0.4 is 0 Å². The third kappa shape index (κ3) is 2.03. The van der Waals surface area contributed by atoms with E-state index >= 15 is 0 Å². The van der Waals surface area contributed by atoms with Crippen LogP contribution in [0.4, 0.5) is 0 Å². The first kappa shape index (κ1) is 7.81. The molecule has 0 bridgehead atoms. The average molecular weight is 128 g/mol. The molecular weight excluding hydrogens is 120 g/mol. The van der Waals surface area contributed by atoms with Gasteiger partial charge in [0.05, 0.1) is 7.11 Å². The quantitative estimate of drug-likeness (QED) is 0.320. The predicted octanol–water partition coefficient (Wildman–Crippen LogP) is -0.120. The fraction of sp³-hybridized carbons (Fsp3) is 0.400. The summed E-state index contributed by atoms with van der Waals surface area (Å²) >= 11 is 0. The van der Waals surface area contributed by atoms with Crippen molar-refractivity contribution in [1.29, 1.82) is 5.41 Å². The molecule has 0 atom stereocenters. The van der Waals surface area contributed by atoms with Crippen molar-refractivity contribution in [3.8, 4) is 0 Å². The highest BCUT2D eigenvalue weighted by atomic mass is 16.5. The molecule has 4 nitrogen and oxygen atoms in total. The van der Waals surface area contributed by atoms with Gasteiger partial charge in [0.25, 0.3) is 0 Å². The summed E-state index contributed by atoms with van der Waals surface area (Å²) in [6.45, 7) is 0. The lowest BCUT2D eigenvalue weighted by Gasteiger charge is -1.95. The van der Waals surface area contributed by atoms with Crippen LogP contribution in [-0.2, 0) is 9.53 Å². The Bertz CT molecular complexity index is 151. The molecule has 0 unspecified atom stereocenters. The minimum atomic E-state index is -0.201. The Balaban J connectivity index is 4.14. The third-order valence-electron chi connectivity index (χ3n) is 0.789. The van der Waals surface area contributed by atoms with E-state index in [1.807, 2.05) is 0 Å². The number of aliphatic imine (C=N–C) groups is 1. The molecule has 0 aromatic rings. The molecule has 0 aliphatic carbocycles. The zero-order valence-electron chi connectivity index (χ0n) is 5.34. The average Bonchev–Trinajstić information content (AvgIpc) is 1.90. The van der Waals surface area contributed by atoms with E-state index in [0.29, 0.717) is 6.29 Å². The fourth-order valence-corrected chi connectivity index (χ4v) is 0.312. The molecule has 0 aromatic carbocycles. The molecule has 9 heavy (non-hydrogen) atoms. The van der Waals surface area contributed by atoms with Gasteiger partial charge in [0.2, 0.25) is 5.90 Å². The molecular formula is C5H8N2O2. The van der Waals surface area contributed by atoms with Crippen molar-refractivity contribution in [2.45, 2.75) is 0 Å². The summed E-state index contributed by atoms with van der Waals surface area (Å²) in [5.41, 5.74) is 0.0255. The minimum absolute atomic E-state index is 0.0255. The Morgan fingerprint density at radius 3 is 2.44 bits per heavy atom. The highest BCUT2D eigenvalue weighted by Crippen LogP contribution is 1.77. The normalized spacial score (nSPS) is 10.7. The summed E-state index contributed by atoms with van der Waals surface area (Å²) in [6, 6.07) is 0. The van der Waals surface area contributed by atoms with E-state index in [4.69, 9.17) is 5.41 Å². The molecule has 0 fully saturated rings. The van der Waals surface area contributed by atoms with Crippen molar-refractivity contribution in [2.75, 3.05) is 14.2 Å². The zero-order valence-corrected chi connectivity index (χ0v) is 5.34. The first-order chi connectivity index (χ1) is 4.26. The minimum Gasteiger partial charge on any atom is -0.480 e. The maximum absolute atomic E-state index is 9.98. The predicted molar refractivity (Wildman–Crippen MR) is 34.2 cm³/mol. The van der Waals surface area contributed by atoms with E-state index in [0.717, 1.165) is 0 Å². The number of hydrogen-bond acceptors (Lipinski definition) is 4. The van der Waals surface area contributed by atoms with E-state index in [-0.39, 0.29) is 11.6 Å². The largest absolute Gasteiger partial charge is 0.480 e. The van der Waals surface area contributed by atoms with Gasteiger partial charge in [-0.05, 0) is 0 Å². The van der Waals surface area contributed by atoms with Crippen molar-refractivity contribution in [1.82, 2.24) is 0 Å². The second-order valence-corrected chi connectivity index (χ2v) is 1.26. The van der Waals surface area contributed by atoms with E-state index in [2.05, 4.69) is 9.73 Å². The third-order valence-corrected chi connectivity index (χ3v) is 0.789. The Labute approximate surface area is 53.1 Å². The van der Waals surface area contributed by atoms with Crippen LogP contribution in [-0.4, -0.2) is 32.1 Å². The van der Waals surface area contributed by atoms with Gasteiger partial charge in [-0.15, -0.1) is 0 Å². The molecule has 1 N–H and O–H groups in total. The van der Waals surface area contributed by atoms with E-state index in [9.17, 15) is 4.79 Å². The highest BCUT2D eigenvalue weighted by Gasteiger charge is 2.01. The number of carbonyl (C=O) groups excluding carboxylic acids is 1.